The minimum Gasteiger partial charge on any atom is -0.395 e. The lowest BCUT2D eigenvalue weighted by molar-refractivity contribution is 0.145. The van der Waals surface area contributed by atoms with Gasteiger partial charge < -0.3 is 10.0 Å². The molecule has 1 aliphatic carbocycles. The monoisotopic (exact) mass is 169 g/mol. The fourth-order valence-electron chi connectivity index (χ4n) is 2.91. The van der Waals surface area contributed by atoms with Crippen molar-refractivity contribution in [1.82, 2.24) is 4.90 Å². The first kappa shape index (κ1) is 8.52. The fraction of sp³-hybridized carbons (Fsp3) is 1.00. The lowest BCUT2D eigenvalue weighted by atomic mass is 9.88. The van der Waals surface area contributed by atoms with Gasteiger partial charge in [-0.05, 0) is 37.6 Å². The molecule has 1 aliphatic heterocycles. The van der Waals surface area contributed by atoms with Crippen molar-refractivity contribution in [3.05, 3.63) is 0 Å². The van der Waals surface area contributed by atoms with Crippen LogP contribution in [0.15, 0.2) is 0 Å². The van der Waals surface area contributed by atoms with E-state index in [1.165, 1.54) is 19.4 Å². The Bertz CT molecular complexity index is 167. The van der Waals surface area contributed by atoms with Crippen LogP contribution in [0.5, 0.6) is 0 Å². The summed E-state index contributed by atoms with van der Waals surface area (Å²) in [6, 6.07) is 0.451. The number of rotatable bonds is 2. The molecular formula is C10H19NO. The summed E-state index contributed by atoms with van der Waals surface area (Å²) in [6.07, 6.45) is 2.80. The number of aliphatic hydroxyl groups is 1. The van der Waals surface area contributed by atoms with Crippen LogP contribution in [0, 0.1) is 17.8 Å². The van der Waals surface area contributed by atoms with Crippen LogP contribution in [-0.4, -0.2) is 36.2 Å². The molecular weight excluding hydrogens is 150 g/mol. The third kappa shape index (κ3) is 1.27. The minimum absolute atomic E-state index is 0.349. The van der Waals surface area contributed by atoms with Gasteiger partial charge in [-0.15, -0.1) is 0 Å². The van der Waals surface area contributed by atoms with E-state index in [9.17, 15) is 5.11 Å². The van der Waals surface area contributed by atoms with Crippen LogP contribution in [0.2, 0.25) is 0 Å². The van der Waals surface area contributed by atoms with Gasteiger partial charge in [0.1, 0.15) is 0 Å². The molecule has 0 aromatic carbocycles. The van der Waals surface area contributed by atoms with E-state index in [1.807, 2.05) is 0 Å². The Kier molecular flexibility index (Phi) is 2.13. The van der Waals surface area contributed by atoms with Crippen LogP contribution in [0.25, 0.3) is 0 Å². The smallest absolute Gasteiger partial charge is 0.0589 e. The van der Waals surface area contributed by atoms with Gasteiger partial charge in [0.05, 0.1) is 6.61 Å². The van der Waals surface area contributed by atoms with Gasteiger partial charge in [0, 0.05) is 12.6 Å². The average Bonchev–Trinajstić information content (AvgIpc) is 2.78. The van der Waals surface area contributed by atoms with E-state index in [1.54, 1.807) is 0 Å². The zero-order chi connectivity index (χ0) is 8.72. The predicted molar refractivity (Wildman–Crippen MR) is 48.9 cm³/mol. The molecule has 1 saturated heterocycles. The maximum Gasteiger partial charge on any atom is 0.0589 e. The van der Waals surface area contributed by atoms with Crippen LogP contribution in [0.3, 0.4) is 0 Å². The first-order valence-corrected chi connectivity index (χ1v) is 5.05. The second-order valence-electron chi connectivity index (χ2n) is 4.58. The number of likely N-dealkylation sites (N-methyl/N-ethyl adjacent to an activating group) is 1. The Labute approximate surface area is 74.6 Å². The molecule has 2 unspecified atom stereocenters. The van der Waals surface area contributed by atoms with Crippen LogP contribution in [0.1, 0.15) is 19.8 Å². The third-order valence-electron chi connectivity index (χ3n) is 3.60. The molecule has 0 bridgehead atoms. The maximum atomic E-state index is 9.26. The van der Waals surface area contributed by atoms with Gasteiger partial charge in [-0.3, -0.25) is 0 Å². The van der Waals surface area contributed by atoms with Gasteiger partial charge >= 0.3 is 0 Å². The average molecular weight is 169 g/mol. The molecule has 12 heavy (non-hydrogen) atoms. The standard InChI is InChI=1S/C10H19NO/c1-7-5-11(2)9(6-12)10(7)8-3-4-8/h7-10,12H,3-6H2,1-2H3/t7?,9?,10-/m1/s1. The van der Waals surface area contributed by atoms with Crippen LogP contribution >= 0.6 is 0 Å². The van der Waals surface area contributed by atoms with Crippen LogP contribution in [0.4, 0.5) is 0 Å². The zero-order valence-corrected chi connectivity index (χ0v) is 8.03. The molecule has 0 aromatic rings. The van der Waals surface area contributed by atoms with Crippen molar-refractivity contribution >= 4 is 0 Å². The minimum atomic E-state index is 0.349. The number of nitrogens with zero attached hydrogens (tertiary/aromatic N) is 1. The summed E-state index contributed by atoms with van der Waals surface area (Å²) in [4.78, 5) is 2.33. The Balaban J connectivity index is 2.06. The molecule has 2 heteroatoms. The van der Waals surface area contributed by atoms with Crippen LogP contribution < -0.4 is 0 Å². The quantitative estimate of drug-likeness (QED) is 0.665. The second kappa shape index (κ2) is 3.00. The van der Waals surface area contributed by atoms with Gasteiger partial charge in [-0.1, -0.05) is 6.92 Å². The SMILES string of the molecule is CC1CN(C)C(CO)[C@H]1C1CC1. The molecule has 1 saturated carbocycles. The third-order valence-corrected chi connectivity index (χ3v) is 3.60. The van der Waals surface area contributed by atoms with E-state index < -0.39 is 0 Å². The molecule has 2 rings (SSSR count). The van der Waals surface area contributed by atoms with E-state index >= 15 is 0 Å². The molecule has 0 amide bonds. The summed E-state index contributed by atoms with van der Waals surface area (Å²) in [6.45, 7) is 3.85. The Morgan fingerprint density at radius 1 is 1.42 bits per heavy atom. The van der Waals surface area contributed by atoms with Crippen molar-refractivity contribution in [3.63, 3.8) is 0 Å². The van der Waals surface area contributed by atoms with Crippen molar-refractivity contribution in [1.29, 1.82) is 0 Å². The lowest BCUT2D eigenvalue weighted by Gasteiger charge is -2.23. The van der Waals surface area contributed by atoms with Crippen molar-refractivity contribution < 1.29 is 5.11 Å². The number of hydrogen-bond acceptors (Lipinski definition) is 2. The highest BCUT2D eigenvalue weighted by molar-refractivity contribution is 4.97. The van der Waals surface area contributed by atoms with Gasteiger partial charge in [-0.2, -0.15) is 0 Å². The normalized spacial score (nSPS) is 43.8. The summed E-state index contributed by atoms with van der Waals surface area (Å²) in [5, 5.41) is 9.26. The van der Waals surface area contributed by atoms with Crippen molar-refractivity contribution in [3.8, 4) is 0 Å². The molecule has 3 atom stereocenters. The predicted octanol–water partition coefficient (Wildman–Crippen LogP) is 0.955. The van der Waals surface area contributed by atoms with E-state index in [-0.39, 0.29) is 0 Å². The van der Waals surface area contributed by atoms with Crippen molar-refractivity contribution in [2.75, 3.05) is 20.2 Å². The zero-order valence-electron chi connectivity index (χ0n) is 8.03. The summed E-state index contributed by atoms with van der Waals surface area (Å²) >= 11 is 0. The van der Waals surface area contributed by atoms with Gasteiger partial charge in [0.2, 0.25) is 0 Å². The van der Waals surface area contributed by atoms with E-state index in [2.05, 4.69) is 18.9 Å². The summed E-state index contributed by atoms with van der Waals surface area (Å²) in [5.74, 6) is 2.50. The van der Waals surface area contributed by atoms with Gasteiger partial charge in [-0.25, -0.2) is 0 Å². The highest BCUT2D eigenvalue weighted by Crippen LogP contribution is 2.46. The number of likely N-dealkylation sites (tertiary alicyclic amines) is 1. The molecule has 1 heterocycles. The Morgan fingerprint density at radius 2 is 2.08 bits per heavy atom. The molecule has 2 aliphatic rings. The Morgan fingerprint density at radius 3 is 2.58 bits per heavy atom. The fourth-order valence-corrected chi connectivity index (χ4v) is 2.91. The molecule has 2 nitrogen and oxygen atoms in total. The van der Waals surface area contributed by atoms with E-state index in [4.69, 9.17) is 0 Å². The maximum absolute atomic E-state index is 9.26. The van der Waals surface area contributed by atoms with E-state index in [0.29, 0.717) is 12.6 Å². The molecule has 0 radical (unpaired) electrons. The highest BCUT2D eigenvalue weighted by Gasteiger charge is 2.45. The molecule has 1 N–H and O–H groups in total. The summed E-state index contributed by atoms with van der Waals surface area (Å²) in [7, 11) is 2.14. The van der Waals surface area contributed by atoms with E-state index in [0.717, 1.165) is 17.8 Å². The number of aliphatic hydroxyl groups excluding tert-OH is 1. The van der Waals surface area contributed by atoms with Gasteiger partial charge in [0.25, 0.3) is 0 Å². The largest absolute Gasteiger partial charge is 0.395 e. The number of hydrogen-bond donors (Lipinski definition) is 1. The molecule has 2 fully saturated rings. The van der Waals surface area contributed by atoms with Gasteiger partial charge in [0.15, 0.2) is 0 Å². The lowest BCUT2D eigenvalue weighted by Crippen LogP contribution is -2.33. The Hall–Kier alpha value is -0.0800. The molecule has 0 aromatic heterocycles. The highest BCUT2D eigenvalue weighted by atomic mass is 16.3. The van der Waals surface area contributed by atoms with Crippen molar-refractivity contribution in [2.24, 2.45) is 17.8 Å². The first-order chi connectivity index (χ1) is 5.74. The molecule has 0 spiro atoms. The summed E-state index contributed by atoms with van der Waals surface area (Å²) in [5.41, 5.74) is 0. The first-order valence-electron chi connectivity index (χ1n) is 5.05. The second-order valence-corrected chi connectivity index (χ2v) is 4.58. The van der Waals surface area contributed by atoms with Crippen LogP contribution in [-0.2, 0) is 0 Å². The van der Waals surface area contributed by atoms with Crippen molar-refractivity contribution in [2.45, 2.75) is 25.8 Å². The topological polar surface area (TPSA) is 23.5 Å². The summed E-state index contributed by atoms with van der Waals surface area (Å²) < 4.78 is 0. The molecule has 70 valence electrons.